The Kier molecular flexibility index (Phi) is 2.52. The highest BCUT2D eigenvalue weighted by molar-refractivity contribution is 5.50. The van der Waals surface area contributed by atoms with E-state index in [-0.39, 0.29) is 0 Å². The molecule has 0 aliphatic heterocycles. The molecule has 0 spiro atoms. The number of nitrogens with zero attached hydrogens (tertiary/aromatic N) is 3. The lowest BCUT2D eigenvalue weighted by Crippen LogP contribution is -1.99. The van der Waals surface area contributed by atoms with Gasteiger partial charge in [-0.25, -0.2) is 9.67 Å². The third kappa shape index (κ3) is 1.98. The highest BCUT2D eigenvalue weighted by Gasteiger charge is 2.08. The fraction of sp³-hybridized carbons (Fsp3) is 0.273. The molecule has 0 bridgehead atoms. The molecule has 0 saturated carbocycles. The van der Waals surface area contributed by atoms with E-state index in [2.05, 4.69) is 10.1 Å². The number of aromatic nitrogens is 3. The molecule has 2 aromatic heterocycles. The van der Waals surface area contributed by atoms with E-state index in [1.807, 2.05) is 33.0 Å². The predicted octanol–water partition coefficient (Wildman–Crippen LogP) is 1.81. The van der Waals surface area contributed by atoms with Crippen molar-refractivity contribution in [3.8, 4) is 11.8 Å². The zero-order valence-corrected chi connectivity index (χ0v) is 9.56. The van der Waals surface area contributed by atoms with Crippen LogP contribution in [-0.4, -0.2) is 14.8 Å². The second-order valence-electron chi connectivity index (χ2n) is 3.76. The number of pyridine rings is 1. The molecule has 0 radical (unpaired) electrons. The zero-order chi connectivity index (χ0) is 11.7. The van der Waals surface area contributed by atoms with Crippen LogP contribution in [0.25, 0.3) is 0 Å². The van der Waals surface area contributed by atoms with Gasteiger partial charge in [0.25, 0.3) is 0 Å². The summed E-state index contributed by atoms with van der Waals surface area (Å²) in [5.41, 5.74) is 8.23. The van der Waals surface area contributed by atoms with Crippen molar-refractivity contribution < 1.29 is 4.74 Å². The third-order valence-electron chi connectivity index (χ3n) is 2.18. The van der Waals surface area contributed by atoms with Gasteiger partial charge >= 0.3 is 0 Å². The molecule has 0 aliphatic carbocycles. The van der Waals surface area contributed by atoms with Crippen LogP contribution in [0.3, 0.4) is 0 Å². The number of rotatable bonds is 2. The van der Waals surface area contributed by atoms with Gasteiger partial charge in [-0.1, -0.05) is 0 Å². The number of nitrogens with two attached hydrogens (primary N) is 1. The van der Waals surface area contributed by atoms with Crippen LogP contribution in [0.5, 0.6) is 11.8 Å². The minimum atomic E-state index is 0.411. The molecule has 0 unspecified atom stereocenters. The molecule has 0 aliphatic rings. The first-order chi connectivity index (χ1) is 7.56. The Bertz CT molecular complexity index is 519. The molecule has 5 heteroatoms. The van der Waals surface area contributed by atoms with E-state index in [0.717, 1.165) is 11.3 Å². The molecule has 2 heterocycles. The quantitative estimate of drug-likeness (QED) is 0.834. The maximum Gasteiger partial charge on any atom is 0.244 e. The summed E-state index contributed by atoms with van der Waals surface area (Å²) in [6, 6.07) is 3.66. The summed E-state index contributed by atoms with van der Waals surface area (Å²) in [4.78, 5) is 4.14. The molecular formula is C11H14N4O. The minimum absolute atomic E-state index is 0.411. The van der Waals surface area contributed by atoms with Gasteiger partial charge in [-0.2, -0.15) is 5.10 Å². The van der Waals surface area contributed by atoms with Crippen molar-refractivity contribution in [2.45, 2.75) is 13.8 Å². The van der Waals surface area contributed by atoms with Crippen LogP contribution >= 0.6 is 0 Å². The van der Waals surface area contributed by atoms with Gasteiger partial charge in [0, 0.05) is 19.3 Å². The Hall–Kier alpha value is -2.04. The van der Waals surface area contributed by atoms with E-state index >= 15 is 0 Å². The van der Waals surface area contributed by atoms with Gasteiger partial charge in [0.2, 0.25) is 11.8 Å². The summed E-state index contributed by atoms with van der Waals surface area (Å²) in [6.45, 7) is 3.83. The first kappa shape index (κ1) is 10.5. The number of ether oxygens (including phenoxy) is 1. The van der Waals surface area contributed by atoms with Gasteiger partial charge in [-0.3, -0.25) is 0 Å². The van der Waals surface area contributed by atoms with E-state index in [0.29, 0.717) is 17.4 Å². The normalized spacial score (nSPS) is 10.4. The van der Waals surface area contributed by atoms with Crippen LogP contribution < -0.4 is 10.5 Å². The Balaban J connectivity index is 2.30. The van der Waals surface area contributed by atoms with Crippen molar-refractivity contribution in [3.63, 3.8) is 0 Å². The molecule has 5 nitrogen and oxygen atoms in total. The van der Waals surface area contributed by atoms with Gasteiger partial charge < -0.3 is 10.5 Å². The third-order valence-corrected chi connectivity index (χ3v) is 2.18. The monoisotopic (exact) mass is 218 g/mol. The maximum absolute atomic E-state index is 5.81. The Labute approximate surface area is 93.9 Å². The Morgan fingerprint density at radius 1 is 1.31 bits per heavy atom. The molecule has 0 aromatic carbocycles. The van der Waals surface area contributed by atoms with Gasteiger partial charge in [0.1, 0.15) is 0 Å². The van der Waals surface area contributed by atoms with Crippen molar-refractivity contribution >= 4 is 5.69 Å². The van der Waals surface area contributed by atoms with Crippen LogP contribution in [0.1, 0.15) is 11.3 Å². The molecule has 16 heavy (non-hydrogen) atoms. The highest BCUT2D eigenvalue weighted by Crippen LogP contribution is 2.25. The van der Waals surface area contributed by atoms with Gasteiger partial charge in [0.15, 0.2) is 0 Å². The van der Waals surface area contributed by atoms with E-state index in [1.54, 1.807) is 10.9 Å². The van der Waals surface area contributed by atoms with Crippen LogP contribution in [-0.2, 0) is 7.05 Å². The molecule has 2 rings (SSSR count). The Morgan fingerprint density at radius 3 is 2.62 bits per heavy atom. The second kappa shape index (κ2) is 3.84. The largest absolute Gasteiger partial charge is 0.419 e. The van der Waals surface area contributed by atoms with E-state index in [1.165, 1.54) is 0 Å². The zero-order valence-electron chi connectivity index (χ0n) is 9.56. The van der Waals surface area contributed by atoms with Crippen molar-refractivity contribution in [1.29, 1.82) is 0 Å². The number of aryl methyl sites for hydroxylation is 3. The van der Waals surface area contributed by atoms with Gasteiger partial charge in [0.05, 0.1) is 11.4 Å². The van der Waals surface area contributed by atoms with E-state index < -0.39 is 0 Å². The molecule has 2 aromatic rings. The standard InChI is InChI=1S/C11H14N4O/c1-7-4-9(12)11(13-6-7)16-10-5-8(2)14-15(10)3/h4-6H,12H2,1-3H3. The van der Waals surface area contributed by atoms with E-state index in [4.69, 9.17) is 10.5 Å². The van der Waals surface area contributed by atoms with Crippen molar-refractivity contribution in [1.82, 2.24) is 14.8 Å². The minimum Gasteiger partial charge on any atom is -0.419 e. The second-order valence-corrected chi connectivity index (χ2v) is 3.76. The van der Waals surface area contributed by atoms with Gasteiger partial charge in [-0.05, 0) is 25.5 Å². The molecule has 0 saturated heterocycles. The summed E-state index contributed by atoms with van der Waals surface area (Å²) >= 11 is 0. The summed E-state index contributed by atoms with van der Waals surface area (Å²) in [5, 5.41) is 4.18. The van der Waals surface area contributed by atoms with E-state index in [9.17, 15) is 0 Å². The first-order valence-electron chi connectivity index (χ1n) is 4.97. The SMILES string of the molecule is Cc1cnc(Oc2cc(C)nn2C)c(N)c1. The number of anilines is 1. The highest BCUT2D eigenvalue weighted by atomic mass is 16.5. The topological polar surface area (TPSA) is 66.0 Å². The van der Waals surface area contributed by atoms with Crippen molar-refractivity contribution in [2.75, 3.05) is 5.73 Å². The fourth-order valence-corrected chi connectivity index (χ4v) is 1.45. The molecule has 0 fully saturated rings. The molecule has 84 valence electrons. The predicted molar refractivity (Wildman–Crippen MR) is 61.4 cm³/mol. The number of hydrogen-bond acceptors (Lipinski definition) is 4. The lowest BCUT2D eigenvalue weighted by Gasteiger charge is -2.07. The fourth-order valence-electron chi connectivity index (χ4n) is 1.45. The average molecular weight is 218 g/mol. The first-order valence-corrected chi connectivity index (χ1v) is 4.97. The molecule has 0 amide bonds. The van der Waals surface area contributed by atoms with Crippen molar-refractivity contribution in [2.24, 2.45) is 7.05 Å². The summed E-state index contributed by atoms with van der Waals surface area (Å²) in [7, 11) is 1.81. The maximum atomic E-state index is 5.81. The summed E-state index contributed by atoms with van der Waals surface area (Å²) < 4.78 is 7.23. The molecule has 0 atom stereocenters. The lowest BCUT2D eigenvalue weighted by atomic mass is 10.3. The average Bonchev–Trinajstić information content (AvgIpc) is 2.50. The summed E-state index contributed by atoms with van der Waals surface area (Å²) in [6.07, 6.45) is 1.72. The van der Waals surface area contributed by atoms with Crippen LogP contribution in [0.2, 0.25) is 0 Å². The molecular weight excluding hydrogens is 204 g/mol. The van der Waals surface area contributed by atoms with Crippen LogP contribution in [0.4, 0.5) is 5.69 Å². The lowest BCUT2D eigenvalue weighted by molar-refractivity contribution is 0.417. The summed E-state index contributed by atoms with van der Waals surface area (Å²) in [5.74, 6) is 1.04. The Morgan fingerprint density at radius 2 is 2.06 bits per heavy atom. The smallest absolute Gasteiger partial charge is 0.244 e. The van der Waals surface area contributed by atoms with Gasteiger partial charge in [-0.15, -0.1) is 0 Å². The molecule has 2 N–H and O–H groups in total. The van der Waals surface area contributed by atoms with Crippen LogP contribution in [0, 0.1) is 13.8 Å². The number of nitrogen functional groups attached to an aromatic ring is 1. The van der Waals surface area contributed by atoms with Crippen molar-refractivity contribution in [3.05, 3.63) is 29.6 Å². The van der Waals surface area contributed by atoms with Crippen LogP contribution in [0.15, 0.2) is 18.3 Å². The number of hydrogen-bond donors (Lipinski definition) is 1.